The largest absolute Gasteiger partial charge is 0.309 e. The summed E-state index contributed by atoms with van der Waals surface area (Å²) in [5.41, 5.74) is 16.2. The van der Waals surface area contributed by atoms with Crippen LogP contribution in [0.2, 0.25) is 0 Å². The van der Waals surface area contributed by atoms with Crippen LogP contribution >= 0.6 is 0 Å². The summed E-state index contributed by atoms with van der Waals surface area (Å²) < 4.78 is 2.41. The highest BCUT2D eigenvalue weighted by atomic mass is 15.1. The monoisotopic (exact) mass is 764 g/mol. The molecule has 0 aliphatic heterocycles. The van der Waals surface area contributed by atoms with E-state index in [-0.39, 0.29) is 0 Å². The third-order valence-corrected chi connectivity index (χ3v) is 11.8. The first-order chi connectivity index (χ1) is 29.8. The van der Waals surface area contributed by atoms with E-state index in [4.69, 9.17) is 0 Å². The van der Waals surface area contributed by atoms with Crippen molar-refractivity contribution in [3.8, 4) is 50.2 Å². The van der Waals surface area contributed by atoms with Crippen LogP contribution in [0.3, 0.4) is 0 Å². The average molecular weight is 765 g/mol. The number of anilines is 3. The van der Waals surface area contributed by atoms with Crippen LogP contribution in [-0.4, -0.2) is 4.57 Å². The second-order valence-corrected chi connectivity index (χ2v) is 15.3. The van der Waals surface area contributed by atoms with Crippen molar-refractivity contribution in [2.45, 2.75) is 0 Å². The van der Waals surface area contributed by atoms with Gasteiger partial charge in [0.1, 0.15) is 0 Å². The van der Waals surface area contributed by atoms with E-state index in [2.05, 4.69) is 252 Å². The number of rotatable bonds is 8. The second kappa shape index (κ2) is 15.1. The predicted molar refractivity (Wildman–Crippen MR) is 255 cm³/mol. The van der Waals surface area contributed by atoms with Gasteiger partial charge in [-0.15, -0.1) is 0 Å². The molecule has 2 heteroatoms. The van der Waals surface area contributed by atoms with Gasteiger partial charge in [-0.1, -0.05) is 194 Å². The first-order valence-corrected chi connectivity index (χ1v) is 20.6. The molecule has 0 saturated carbocycles. The standard InChI is InChI=1S/C58H40N2/c1-4-17-41(18-5-1)42-31-33-43(34-32-42)46-35-38-57(54(39-46)45-19-6-2-7-20-45)60(55-29-14-12-26-51(55)50-28-16-22-44-21-10-11-25-49(44)50)48-36-37-53-52-27-13-15-30-56(52)59(58(53)40-48)47-23-8-3-9-24-47/h1-40H. The van der Waals surface area contributed by atoms with Crippen LogP contribution < -0.4 is 4.90 Å². The minimum Gasteiger partial charge on any atom is -0.309 e. The van der Waals surface area contributed by atoms with Crippen molar-refractivity contribution in [1.29, 1.82) is 0 Å². The van der Waals surface area contributed by atoms with Gasteiger partial charge >= 0.3 is 0 Å². The lowest BCUT2D eigenvalue weighted by atomic mass is 9.93. The van der Waals surface area contributed by atoms with Crippen LogP contribution in [0.15, 0.2) is 243 Å². The maximum Gasteiger partial charge on any atom is 0.0561 e. The van der Waals surface area contributed by atoms with Gasteiger partial charge in [-0.25, -0.2) is 0 Å². The molecule has 1 heterocycles. The Morgan fingerprint density at radius 1 is 0.283 bits per heavy atom. The lowest BCUT2D eigenvalue weighted by molar-refractivity contribution is 1.18. The maximum atomic E-state index is 2.48. The number of fused-ring (bicyclic) bond motifs is 4. The van der Waals surface area contributed by atoms with Crippen LogP contribution in [0.25, 0.3) is 82.8 Å². The molecule has 282 valence electrons. The van der Waals surface area contributed by atoms with Gasteiger partial charge in [0.05, 0.1) is 22.4 Å². The Balaban J connectivity index is 1.17. The smallest absolute Gasteiger partial charge is 0.0561 e. The third kappa shape index (κ3) is 6.23. The van der Waals surface area contributed by atoms with Crippen molar-refractivity contribution in [2.75, 3.05) is 4.90 Å². The van der Waals surface area contributed by atoms with E-state index < -0.39 is 0 Å². The predicted octanol–water partition coefficient (Wildman–Crippen LogP) is 16.1. The molecule has 0 aliphatic carbocycles. The molecule has 11 rings (SSSR count). The molecule has 0 spiro atoms. The Morgan fingerprint density at radius 2 is 0.817 bits per heavy atom. The molecule has 1 aromatic heterocycles. The molecule has 0 fully saturated rings. The second-order valence-electron chi connectivity index (χ2n) is 15.3. The molecule has 0 radical (unpaired) electrons. The van der Waals surface area contributed by atoms with E-state index in [1.54, 1.807) is 0 Å². The highest BCUT2D eigenvalue weighted by Crippen LogP contribution is 2.48. The molecule has 60 heavy (non-hydrogen) atoms. The van der Waals surface area contributed by atoms with E-state index in [1.165, 1.54) is 54.9 Å². The van der Waals surface area contributed by atoms with Crippen LogP contribution in [0, 0.1) is 0 Å². The Hall–Kier alpha value is -7.94. The van der Waals surface area contributed by atoms with Gasteiger partial charge in [0.25, 0.3) is 0 Å². The fraction of sp³-hybridized carbons (Fsp3) is 0. The Bertz CT molecular complexity index is 3290. The summed E-state index contributed by atoms with van der Waals surface area (Å²) in [6, 6.07) is 88.0. The third-order valence-electron chi connectivity index (χ3n) is 11.8. The summed E-state index contributed by atoms with van der Waals surface area (Å²) in [6.07, 6.45) is 0. The van der Waals surface area contributed by atoms with Crippen LogP contribution in [-0.2, 0) is 0 Å². The zero-order valence-corrected chi connectivity index (χ0v) is 33.0. The van der Waals surface area contributed by atoms with Gasteiger partial charge < -0.3 is 9.47 Å². The van der Waals surface area contributed by atoms with Gasteiger partial charge in [-0.05, 0) is 92.7 Å². The van der Waals surface area contributed by atoms with E-state index in [1.807, 2.05) is 0 Å². The Kier molecular flexibility index (Phi) is 8.87. The normalized spacial score (nSPS) is 11.3. The fourth-order valence-electron chi connectivity index (χ4n) is 8.96. The molecule has 0 atom stereocenters. The molecule has 0 amide bonds. The number of para-hydroxylation sites is 3. The molecular weight excluding hydrogens is 725 g/mol. The van der Waals surface area contributed by atoms with Crippen molar-refractivity contribution >= 4 is 49.6 Å². The van der Waals surface area contributed by atoms with Crippen molar-refractivity contribution in [3.05, 3.63) is 243 Å². The molecule has 0 aliphatic rings. The highest BCUT2D eigenvalue weighted by Gasteiger charge is 2.23. The fourth-order valence-corrected chi connectivity index (χ4v) is 8.96. The van der Waals surface area contributed by atoms with E-state index in [0.717, 1.165) is 45.0 Å². The molecule has 0 unspecified atom stereocenters. The summed E-state index contributed by atoms with van der Waals surface area (Å²) in [5.74, 6) is 0. The molecule has 10 aromatic carbocycles. The Morgan fingerprint density at radius 3 is 1.60 bits per heavy atom. The number of aromatic nitrogens is 1. The van der Waals surface area contributed by atoms with Crippen LogP contribution in [0.5, 0.6) is 0 Å². The highest BCUT2D eigenvalue weighted by molar-refractivity contribution is 6.11. The maximum absolute atomic E-state index is 2.48. The lowest BCUT2D eigenvalue weighted by Crippen LogP contribution is -2.13. The molecule has 0 saturated heterocycles. The summed E-state index contributed by atoms with van der Waals surface area (Å²) >= 11 is 0. The molecular formula is C58H40N2. The number of hydrogen-bond donors (Lipinski definition) is 0. The average Bonchev–Trinajstić information content (AvgIpc) is 3.66. The summed E-state index contributed by atoms with van der Waals surface area (Å²) in [5, 5.41) is 4.90. The first kappa shape index (κ1) is 35.2. The summed E-state index contributed by atoms with van der Waals surface area (Å²) in [7, 11) is 0. The van der Waals surface area contributed by atoms with Crippen molar-refractivity contribution < 1.29 is 0 Å². The minimum absolute atomic E-state index is 1.08. The van der Waals surface area contributed by atoms with Crippen molar-refractivity contribution in [2.24, 2.45) is 0 Å². The summed E-state index contributed by atoms with van der Waals surface area (Å²) in [6.45, 7) is 0. The van der Waals surface area contributed by atoms with Gasteiger partial charge in [0, 0.05) is 33.3 Å². The minimum atomic E-state index is 1.08. The molecule has 2 nitrogen and oxygen atoms in total. The van der Waals surface area contributed by atoms with Crippen LogP contribution in [0.1, 0.15) is 0 Å². The van der Waals surface area contributed by atoms with E-state index in [0.29, 0.717) is 0 Å². The quantitative estimate of drug-likeness (QED) is 0.150. The van der Waals surface area contributed by atoms with Gasteiger partial charge in [-0.2, -0.15) is 0 Å². The Labute approximate surface area is 350 Å². The topological polar surface area (TPSA) is 8.17 Å². The van der Waals surface area contributed by atoms with Crippen molar-refractivity contribution in [3.63, 3.8) is 0 Å². The molecule has 11 aromatic rings. The van der Waals surface area contributed by atoms with Crippen molar-refractivity contribution in [1.82, 2.24) is 4.57 Å². The lowest BCUT2D eigenvalue weighted by Gasteiger charge is -2.30. The van der Waals surface area contributed by atoms with Crippen LogP contribution in [0.4, 0.5) is 17.1 Å². The number of benzene rings is 10. The first-order valence-electron chi connectivity index (χ1n) is 20.6. The zero-order chi connectivity index (χ0) is 39.8. The summed E-state index contributed by atoms with van der Waals surface area (Å²) in [4.78, 5) is 2.48. The van der Waals surface area contributed by atoms with E-state index in [9.17, 15) is 0 Å². The SMILES string of the molecule is c1ccc(-c2ccc(-c3ccc(N(c4ccc5c6ccccc6n(-c6ccccc6)c5c4)c4ccccc4-c4cccc5ccccc45)c(-c4ccccc4)c3)cc2)cc1. The van der Waals surface area contributed by atoms with Gasteiger partial charge in [-0.3, -0.25) is 0 Å². The van der Waals surface area contributed by atoms with Gasteiger partial charge in [0.15, 0.2) is 0 Å². The molecule has 0 N–H and O–H groups in total. The van der Waals surface area contributed by atoms with E-state index >= 15 is 0 Å². The van der Waals surface area contributed by atoms with Gasteiger partial charge in [0.2, 0.25) is 0 Å². The number of nitrogens with zero attached hydrogens (tertiary/aromatic N) is 2. The zero-order valence-electron chi connectivity index (χ0n) is 33.0. The molecule has 0 bridgehead atoms. The number of hydrogen-bond acceptors (Lipinski definition) is 1.